The molecule has 0 radical (unpaired) electrons. The van der Waals surface area contributed by atoms with Gasteiger partial charge in [-0.15, -0.1) is 0 Å². The Bertz CT molecular complexity index is 959. The molecule has 132 valence electrons. The summed E-state index contributed by atoms with van der Waals surface area (Å²) in [5, 5.41) is 3.46. The lowest BCUT2D eigenvalue weighted by atomic mass is 10.1. The summed E-state index contributed by atoms with van der Waals surface area (Å²) in [5.41, 5.74) is 2.56. The fourth-order valence-corrected chi connectivity index (χ4v) is 2.57. The average molecular weight is 368 g/mol. The number of carbonyl (C=O) groups excluding carboxylic acids is 1. The number of methoxy groups -OCH3 is 1. The van der Waals surface area contributed by atoms with Gasteiger partial charge in [0.2, 0.25) is 5.91 Å². The van der Waals surface area contributed by atoms with Crippen molar-refractivity contribution in [3.05, 3.63) is 77.0 Å². The van der Waals surface area contributed by atoms with E-state index in [4.69, 9.17) is 20.8 Å². The maximum Gasteiger partial charge on any atom is 0.248 e. The molecule has 0 unspecified atom stereocenters. The maximum atomic E-state index is 12.0. The van der Waals surface area contributed by atoms with Gasteiger partial charge in [0.25, 0.3) is 0 Å². The SMILES string of the molecule is COc1cccc(NC(=O)/C=C/c2ccc(-c3ccc(C)c(Cl)c3)o2)c1. The van der Waals surface area contributed by atoms with Crippen LogP contribution in [0.2, 0.25) is 5.02 Å². The molecule has 1 heterocycles. The summed E-state index contributed by atoms with van der Waals surface area (Å²) < 4.78 is 10.9. The molecular weight excluding hydrogens is 350 g/mol. The predicted octanol–water partition coefficient (Wildman–Crippen LogP) is 5.57. The van der Waals surface area contributed by atoms with Crippen molar-refractivity contribution in [1.82, 2.24) is 0 Å². The normalized spacial score (nSPS) is 10.9. The van der Waals surface area contributed by atoms with E-state index in [1.54, 1.807) is 31.4 Å². The van der Waals surface area contributed by atoms with Crippen LogP contribution in [0, 0.1) is 6.92 Å². The predicted molar refractivity (Wildman–Crippen MR) is 105 cm³/mol. The first-order chi connectivity index (χ1) is 12.5. The molecule has 0 aliphatic heterocycles. The Hall–Kier alpha value is -2.98. The first-order valence-electron chi connectivity index (χ1n) is 8.04. The van der Waals surface area contributed by atoms with Gasteiger partial charge >= 0.3 is 0 Å². The number of anilines is 1. The summed E-state index contributed by atoms with van der Waals surface area (Å²) in [6.07, 6.45) is 3.04. The minimum absolute atomic E-state index is 0.255. The molecule has 5 heteroatoms. The number of hydrogen-bond donors (Lipinski definition) is 1. The van der Waals surface area contributed by atoms with E-state index in [9.17, 15) is 4.79 Å². The molecule has 0 saturated heterocycles. The van der Waals surface area contributed by atoms with E-state index in [2.05, 4.69) is 5.32 Å². The zero-order valence-electron chi connectivity index (χ0n) is 14.5. The highest BCUT2D eigenvalue weighted by molar-refractivity contribution is 6.31. The maximum absolute atomic E-state index is 12.0. The van der Waals surface area contributed by atoms with Crippen LogP contribution in [0.15, 0.2) is 65.1 Å². The fraction of sp³-hybridized carbons (Fsp3) is 0.0952. The molecule has 2 aromatic carbocycles. The largest absolute Gasteiger partial charge is 0.497 e. The molecule has 26 heavy (non-hydrogen) atoms. The van der Waals surface area contributed by atoms with Gasteiger partial charge in [0.1, 0.15) is 17.3 Å². The molecule has 4 nitrogen and oxygen atoms in total. The zero-order valence-corrected chi connectivity index (χ0v) is 15.2. The summed E-state index contributed by atoms with van der Waals surface area (Å²) >= 11 is 6.15. The molecule has 1 aromatic heterocycles. The third kappa shape index (κ3) is 4.35. The lowest BCUT2D eigenvalue weighted by molar-refractivity contribution is -0.111. The van der Waals surface area contributed by atoms with Gasteiger partial charge in [0.15, 0.2) is 0 Å². The van der Waals surface area contributed by atoms with Gasteiger partial charge in [0, 0.05) is 28.4 Å². The Morgan fingerprint density at radius 1 is 1.15 bits per heavy atom. The van der Waals surface area contributed by atoms with E-state index in [1.165, 1.54) is 6.08 Å². The molecule has 0 saturated carbocycles. The highest BCUT2D eigenvalue weighted by Gasteiger charge is 2.06. The zero-order chi connectivity index (χ0) is 18.5. The van der Waals surface area contributed by atoms with E-state index < -0.39 is 0 Å². The Balaban J connectivity index is 1.67. The number of aryl methyl sites for hydroxylation is 1. The van der Waals surface area contributed by atoms with E-state index in [1.807, 2.05) is 43.3 Å². The number of hydrogen-bond acceptors (Lipinski definition) is 3. The number of rotatable bonds is 5. The van der Waals surface area contributed by atoms with Crippen LogP contribution in [0.25, 0.3) is 17.4 Å². The van der Waals surface area contributed by atoms with Crippen molar-refractivity contribution in [3.63, 3.8) is 0 Å². The van der Waals surface area contributed by atoms with Gasteiger partial charge in [-0.1, -0.05) is 29.8 Å². The topological polar surface area (TPSA) is 51.5 Å². The molecule has 1 amide bonds. The Morgan fingerprint density at radius 3 is 2.77 bits per heavy atom. The Kier molecular flexibility index (Phi) is 5.44. The number of furan rings is 1. The lowest BCUT2D eigenvalue weighted by Crippen LogP contribution is -2.07. The van der Waals surface area contributed by atoms with Gasteiger partial charge in [-0.25, -0.2) is 0 Å². The van der Waals surface area contributed by atoms with Crippen LogP contribution in [0.3, 0.4) is 0 Å². The van der Waals surface area contributed by atoms with Crippen molar-refractivity contribution < 1.29 is 13.9 Å². The Morgan fingerprint density at radius 2 is 2.00 bits per heavy atom. The van der Waals surface area contributed by atoms with E-state index >= 15 is 0 Å². The van der Waals surface area contributed by atoms with Crippen LogP contribution >= 0.6 is 11.6 Å². The van der Waals surface area contributed by atoms with E-state index in [-0.39, 0.29) is 5.91 Å². The number of amides is 1. The minimum atomic E-state index is -0.255. The second kappa shape index (κ2) is 7.93. The molecule has 3 rings (SSSR count). The monoisotopic (exact) mass is 367 g/mol. The van der Waals surface area contributed by atoms with Crippen LogP contribution in [-0.2, 0) is 4.79 Å². The summed E-state index contributed by atoms with van der Waals surface area (Å²) in [6.45, 7) is 1.95. The van der Waals surface area contributed by atoms with Crippen LogP contribution in [-0.4, -0.2) is 13.0 Å². The molecule has 0 aliphatic rings. The first kappa shape index (κ1) is 17.8. The lowest BCUT2D eigenvalue weighted by Gasteiger charge is -2.04. The third-order valence-corrected chi connectivity index (χ3v) is 4.23. The average Bonchev–Trinajstić information content (AvgIpc) is 3.11. The summed E-state index contributed by atoms with van der Waals surface area (Å²) in [4.78, 5) is 12.0. The van der Waals surface area contributed by atoms with E-state index in [0.717, 1.165) is 11.1 Å². The highest BCUT2D eigenvalue weighted by Crippen LogP contribution is 2.27. The van der Waals surface area contributed by atoms with Gasteiger partial charge in [-0.05, 0) is 48.9 Å². The molecule has 0 aliphatic carbocycles. The van der Waals surface area contributed by atoms with Crippen LogP contribution in [0.1, 0.15) is 11.3 Å². The van der Waals surface area contributed by atoms with Gasteiger partial charge in [-0.2, -0.15) is 0 Å². The summed E-state index contributed by atoms with van der Waals surface area (Å²) in [6, 6.07) is 16.6. The standard InChI is InChI=1S/C21H18ClNO3/c1-14-6-7-15(12-19(14)22)20-10-8-17(26-20)9-11-21(24)23-16-4-3-5-18(13-16)25-2/h3-13H,1-2H3,(H,23,24)/b11-9+. The summed E-state index contributed by atoms with van der Waals surface area (Å²) in [5.74, 6) is 1.70. The van der Waals surface area contributed by atoms with Crippen molar-refractivity contribution in [1.29, 1.82) is 0 Å². The van der Waals surface area contributed by atoms with Crippen molar-refractivity contribution >= 4 is 29.3 Å². The molecular formula is C21H18ClNO3. The minimum Gasteiger partial charge on any atom is -0.497 e. The van der Waals surface area contributed by atoms with Crippen molar-refractivity contribution in [2.45, 2.75) is 6.92 Å². The number of nitrogens with one attached hydrogen (secondary N) is 1. The number of ether oxygens (including phenoxy) is 1. The second-order valence-corrected chi connectivity index (χ2v) is 6.13. The van der Waals surface area contributed by atoms with Crippen LogP contribution < -0.4 is 10.1 Å². The molecule has 0 spiro atoms. The number of benzene rings is 2. The molecule has 3 aromatic rings. The quantitative estimate of drug-likeness (QED) is 0.600. The van der Waals surface area contributed by atoms with Crippen LogP contribution in [0.5, 0.6) is 5.75 Å². The van der Waals surface area contributed by atoms with Gasteiger partial charge < -0.3 is 14.5 Å². The number of halogens is 1. The molecule has 1 N–H and O–H groups in total. The molecule has 0 fully saturated rings. The second-order valence-electron chi connectivity index (χ2n) is 5.72. The summed E-state index contributed by atoms with van der Waals surface area (Å²) in [7, 11) is 1.58. The molecule has 0 bridgehead atoms. The third-order valence-electron chi connectivity index (χ3n) is 3.82. The fourth-order valence-electron chi connectivity index (χ4n) is 2.39. The van der Waals surface area contributed by atoms with Crippen molar-refractivity contribution in [3.8, 4) is 17.1 Å². The smallest absolute Gasteiger partial charge is 0.248 e. The van der Waals surface area contributed by atoms with Gasteiger partial charge in [0.05, 0.1) is 7.11 Å². The molecule has 0 atom stereocenters. The van der Waals surface area contributed by atoms with Gasteiger partial charge in [-0.3, -0.25) is 4.79 Å². The van der Waals surface area contributed by atoms with E-state index in [0.29, 0.717) is 28.0 Å². The van der Waals surface area contributed by atoms with Crippen molar-refractivity contribution in [2.75, 3.05) is 12.4 Å². The highest BCUT2D eigenvalue weighted by atomic mass is 35.5. The number of carbonyl (C=O) groups is 1. The van der Waals surface area contributed by atoms with Crippen LogP contribution in [0.4, 0.5) is 5.69 Å². The Labute approximate surface area is 157 Å². The first-order valence-corrected chi connectivity index (χ1v) is 8.42. The van der Waals surface area contributed by atoms with Crippen molar-refractivity contribution in [2.24, 2.45) is 0 Å².